The highest BCUT2D eigenvalue weighted by Crippen LogP contribution is 2.24. The molecule has 0 spiro atoms. The number of ether oxygens (including phenoxy) is 1. The zero-order valence-electron chi connectivity index (χ0n) is 11.1. The van der Waals surface area contributed by atoms with E-state index in [1.54, 1.807) is 18.3 Å². The summed E-state index contributed by atoms with van der Waals surface area (Å²) in [5, 5.41) is 5.85. The van der Waals surface area contributed by atoms with E-state index in [0.29, 0.717) is 0 Å². The fourth-order valence-corrected chi connectivity index (χ4v) is 2.23. The van der Waals surface area contributed by atoms with Crippen molar-refractivity contribution >= 4 is 22.9 Å². The van der Waals surface area contributed by atoms with Crippen LogP contribution in [-0.2, 0) is 9.53 Å². The molecular formula is C14H16N2O2S. The molecule has 19 heavy (non-hydrogen) atoms. The van der Waals surface area contributed by atoms with E-state index in [1.165, 1.54) is 7.11 Å². The Labute approximate surface area is 116 Å². The number of thiazole rings is 1. The molecule has 1 aromatic carbocycles. The lowest BCUT2D eigenvalue weighted by atomic mass is 10.1. The lowest BCUT2D eigenvalue weighted by molar-refractivity contribution is -0.124. The Kier molecular flexibility index (Phi) is 4.29. The third-order valence-corrected chi connectivity index (χ3v) is 3.54. The van der Waals surface area contributed by atoms with E-state index in [9.17, 15) is 4.79 Å². The highest BCUT2D eigenvalue weighted by atomic mass is 32.1. The first-order valence-corrected chi connectivity index (χ1v) is 6.84. The summed E-state index contributed by atoms with van der Waals surface area (Å²) in [7, 11) is 1.51. The molecule has 1 unspecified atom stereocenters. The fraction of sp³-hybridized carbons (Fsp3) is 0.286. The lowest BCUT2D eigenvalue weighted by Gasteiger charge is -2.10. The number of carbonyl (C=O) groups excluding carboxylic acids is 1. The summed E-state index contributed by atoms with van der Waals surface area (Å²) in [6.45, 7) is 3.68. The van der Waals surface area contributed by atoms with Crippen molar-refractivity contribution in [2.24, 2.45) is 0 Å². The third kappa shape index (κ3) is 3.39. The molecular weight excluding hydrogens is 260 g/mol. The average molecular weight is 276 g/mol. The Morgan fingerprint density at radius 3 is 2.89 bits per heavy atom. The molecule has 0 aliphatic carbocycles. The predicted molar refractivity (Wildman–Crippen MR) is 77.4 cm³/mol. The lowest BCUT2D eigenvalue weighted by Crippen LogP contribution is -2.26. The highest BCUT2D eigenvalue weighted by Gasteiger charge is 2.12. The summed E-state index contributed by atoms with van der Waals surface area (Å²) in [5.74, 6) is -0.158. The summed E-state index contributed by atoms with van der Waals surface area (Å²) in [4.78, 5) is 16.2. The number of aryl methyl sites for hydroxylation is 1. The Balaban J connectivity index is 2.18. The van der Waals surface area contributed by atoms with E-state index in [-0.39, 0.29) is 5.91 Å². The molecule has 0 saturated carbocycles. The third-order valence-electron chi connectivity index (χ3n) is 2.77. The van der Waals surface area contributed by atoms with Gasteiger partial charge in [0, 0.05) is 23.7 Å². The second-order valence-corrected chi connectivity index (χ2v) is 5.26. The number of carbonyl (C=O) groups is 1. The largest absolute Gasteiger partial charge is 0.372 e. The van der Waals surface area contributed by atoms with Crippen molar-refractivity contribution in [3.63, 3.8) is 0 Å². The molecule has 1 amide bonds. The van der Waals surface area contributed by atoms with Gasteiger partial charge in [0.25, 0.3) is 5.91 Å². The second-order valence-electron chi connectivity index (χ2n) is 4.20. The number of hydrogen-bond donors (Lipinski definition) is 1. The molecule has 0 aliphatic heterocycles. The van der Waals surface area contributed by atoms with Crippen molar-refractivity contribution in [2.45, 2.75) is 20.0 Å². The van der Waals surface area contributed by atoms with Crippen molar-refractivity contribution in [1.82, 2.24) is 4.98 Å². The van der Waals surface area contributed by atoms with Gasteiger partial charge in [-0.2, -0.15) is 0 Å². The van der Waals surface area contributed by atoms with E-state index >= 15 is 0 Å². The standard InChI is InChI=1S/C14H16N2O2S/c1-9(18-3)14(17)16-12-6-4-5-11(7-12)13-8-19-10(2)15-13/h4-9H,1-3H3,(H,16,17). The van der Waals surface area contributed by atoms with Crippen LogP contribution in [0.25, 0.3) is 11.3 Å². The Morgan fingerprint density at radius 1 is 1.47 bits per heavy atom. The topological polar surface area (TPSA) is 51.2 Å². The maximum Gasteiger partial charge on any atom is 0.253 e. The highest BCUT2D eigenvalue weighted by molar-refractivity contribution is 7.09. The quantitative estimate of drug-likeness (QED) is 0.933. The number of nitrogens with one attached hydrogen (secondary N) is 1. The van der Waals surface area contributed by atoms with Gasteiger partial charge in [-0.1, -0.05) is 12.1 Å². The van der Waals surface area contributed by atoms with Gasteiger partial charge >= 0.3 is 0 Å². The maximum absolute atomic E-state index is 11.7. The number of benzene rings is 1. The SMILES string of the molecule is COC(C)C(=O)Nc1cccc(-c2csc(C)n2)c1. The molecule has 100 valence electrons. The van der Waals surface area contributed by atoms with Crippen molar-refractivity contribution in [3.05, 3.63) is 34.7 Å². The van der Waals surface area contributed by atoms with Crippen molar-refractivity contribution in [1.29, 1.82) is 0 Å². The van der Waals surface area contributed by atoms with Crippen LogP contribution < -0.4 is 5.32 Å². The molecule has 0 saturated heterocycles. The van der Waals surface area contributed by atoms with Gasteiger partial charge in [-0.25, -0.2) is 4.98 Å². The van der Waals surface area contributed by atoms with Crippen LogP contribution in [-0.4, -0.2) is 24.1 Å². The number of rotatable bonds is 4. The Hall–Kier alpha value is -1.72. The number of amides is 1. The first-order chi connectivity index (χ1) is 9.10. The minimum Gasteiger partial charge on any atom is -0.372 e. The molecule has 1 heterocycles. The minimum atomic E-state index is -0.467. The smallest absolute Gasteiger partial charge is 0.253 e. The van der Waals surface area contributed by atoms with Gasteiger partial charge in [0.1, 0.15) is 6.10 Å². The number of hydrogen-bond acceptors (Lipinski definition) is 4. The number of aromatic nitrogens is 1. The van der Waals surface area contributed by atoms with Gasteiger partial charge in [-0.3, -0.25) is 4.79 Å². The predicted octanol–water partition coefficient (Wildman–Crippen LogP) is 3.09. The summed E-state index contributed by atoms with van der Waals surface area (Å²) >= 11 is 1.61. The minimum absolute atomic E-state index is 0.158. The van der Waals surface area contributed by atoms with Gasteiger partial charge in [-0.15, -0.1) is 11.3 Å². The van der Waals surface area contributed by atoms with Gasteiger partial charge < -0.3 is 10.1 Å². The van der Waals surface area contributed by atoms with E-state index in [2.05, 4.69) is 10.3 Å². The Bertz CT molecular complexity index is 580. The van der Waals surface area contributed by atoms with Crippen LogP contribution in [0.3, 0.4) is 0 Å². The summed E-state index contributed by atoms with van der Waals surface area (Å²) in [5.41, 5.74) is 2.67. The average Bonchev–Trinajstić information content (AvgIpc) is 2.84. The van der Waals surface area contributed by atoms with Crippen molar-refractivity contribution in [2.75, 3.05) is 12.4 Å². The first kappa shape index (κ1) is 13.7. The normalized spacial score (nSPS) is 12.2. The van der Waals surface area contributed by atoms with Crippen LogP contribution >= 0.6 is 11.3 Å². The zero-order chi connectivity index (χ0) is 13.8. The molecule has 0 aliphatic rings. The van der Waals surface area contributed by atoms with Crippen molar-refractivity contribution < 1.29 is 9.53 Å². The van der Waals surface area contributed by atoms with Crippen LogP contribution in [0.5, 0.6) is 0 Å². The molecule has 2 rings (SSSR count). The van der Waals surface area contributed by atoms with Gasteiger partial charge in [0.2, 0.25) is 0 Å². The van der Waals surface area contributed by atoms with Gasteiger partial charge in [-0.05, 0) is 26.0 Å². The summed E-state index contributed by atoms with van der Waals surface area (Å²) in [6.07, 6.45) is -0.467. The second kappa shape index (κ2) is 5.95. The number of methoxy groups -OCH3 is 1. The molecule has 5 heteroatoms. The van der Waals surface area contributed by atoms with Crippen LogP contribution in [0, 0.1) is 6.92 Å². The molecule has 4 nitrogen and oxygen atoms in total. The molecule has 0 bridgehead atoms. The summed E-state index contributed by atoms with van der Waals surface area (Å²) < 4.78 is 4.98. The van der Waals surface area contributed by atoms with Crippen LogP contribution in [0.1, 0.15) is 11.9 Å². The summed E-state index contributed by atoms with van der Waals surface area (Å²) in [6, 6.07) is 7.64. The van der Waals surface area contributed by atoms with Crippen molar-refractivity contribution in [3.8, 4) is 11.3 Å². The Morgan fingerprint density at radius 2 is 2.26 bits per heavy atom. The fourth-order valence-electron chi connectivity index (χ4n) is 1.60. The zero-order valence-corrected chi connectivity index (χ0v) is 12.0. The number of nitrogens with zero attached hydrogens (tertiary/aromatic N) is 1. The van der Waals surface area contributed by atoms with E-state index in [1.807, 2.05) is 36.6 Å². The van der Waals surface area contributed by atoms with E-state index in [0.717, 1.165) is 22.0 Å². The van der Waals surface area contributed by atoms with E-state index in [4.69, 9.17) is 4.74 Å². The van der Waals surface area contributed by atoms with Gasteiger partial charge in [0.15, 0.2) is 0 Å². The molecule has 1 aromatic heterocycles. The maximum atomic E-state index is 11.7. The molecule has 0 fully saturated rings. The van der Waals surface area contributed by atoms with Crippen LogP contribution in [0.4, 0.5) is 5.69 Å². The van der Waals surface area contributed by atoms with Crippen LogP contribution in [0.15, 0.2) is 29.6 Å². The van der Waals surface area contributed by atoms with Crippen LogP contribution in [0.2, 0.25) is 0 Å². The first-order valence-electron chi connectivity index (χ1n) is 5.96. The van der Waals surface area contributed by atoms with E-state index < -0.39 is 6.10 Å². The van der Waals surface area contributed by atoms with Gasteiger partial charge in [0.05, 0.1) is 10.7 Å². The molecule has 1 N–H and O–H groups in total. The molecule has 1 atom stereocenters. The molecule has 2 aromatic rings. The molecule has 0 radical (unpaired) electrons. The monoisotopic (exact) mass is 276 g/mol. The number of anilines is 1.